The average molecular weight is 504 g/mol. The van der Waals surface area contributed by atoms with Crippen LogP contribution in [0.5, 0.6) is 5.75 Å². The van der Waals surface area contributed by atoms with Gasteiger partial charge in [0.2, 0.25) is 0 Å². The van der Waals surface area contributed by atoms with Crippen molar-refractivity contribution in [3.05, 3.63) is 54.1 Å². The first-order valence-corrected chi connectivity index (χ1v) is 13.5. The lowest BCUT2D eigenvalue weighted by atomic mass is 10.0. The van der Waals surface area contributed by atoms with E-state index < -0.39 is 10.0 Å². The first kappa shape index (κ1) is 27.0. The minimum Gasteiger partial charge on any atom is -0.491 e. The molecular weight excluding hydrogens is 466 g/mol. The van der Waals surface area contributed by atoms with Crippen molar-refractivity contribution in [1.82, 2.24) is 9.80 Å². The monoisotopic (exact) mass is 503 g/mol. The van der Waals surface area contributed by atoms with E-state index in [0.717, 1.165) is 19.5 Å². The summed E-state index contributed by atoms with van der Waals surface area (Å²) in [6.07, 6.45) is 0.894. The van der Waals surface area contributed by atoms with Crippen molar-refractivity contribution in [2.45, 2.75) is 44.2 Å². The molecule has 1 aliphatic rings. The Morgan fingerprint density at radius 2 is 1.83 bits per heavy atom. The second-order valence-electron chi connectivity index (χ2n) is 9.22. The number of nitrogens with one attached hydrogen (secondary N) is 1. The largest absolute Gasteiger partial charge is 0.491 e. The van der Waals surface area contributed by atoms with Crippen LogP contribution in [0.15, 0.2) is 53.4 Å². The summed E-state index contributed by atoms with van der Waals surface area (Å²) < 4.78 is 40.1. The van der Waals surface area contributed by atoms with Gasteiger partial charge in [0.15, 0.2) is 0 Å². The summed E-state index contributed by atoms with van der Waals surface area (Å²) >= 11 is 0. The molecule has 0 aliphatic carbocycles. The molecule has 9 heteroatoms. The molecular formula is C26H37N3O5S. The molecule has 0 radical (unpaired) electrons. The predicted molar refractivity (Wildman–Crippen MR) is 137 cm³/mol. The van der Waals surface area contributed by atoms with E-state index in [0.29, 0.717) is 30.2 Å². The smallest absolute Gasteiger partial charge is 0.261 e. The van der Waals surface area contributed by atoms with Crippen molar-refractivity contribution in [3.63, 3.8) is 0 Å². The Morgan fingerprint density at radius 1 is 1.11 bits per heavy atom. The maximum atomic E-state index is 13.3. The van der Waals surface area contributed by atoms with E-state index in [9.17, 15) is 13.2 Å². The molecule has 0 spiro atoms. The van der Waals surface area contributed by atoms with Crippen LogP contribution in [0.3, 0.4) is 0 Å². The molecule has 35 heavy (non-hydrogen) atoms. The molecule has 0 aromatic heterocycles. The van der Waals surface area contributed by atoms with Gasteiger partial charge in [0.25, 0.3) is 15.9 Å². The van der Waals surface area contributed by atoms with Gasteiger partial charge in [0.1, 0.15) is 12.4 Å². The molecule has 1 N–H and O–H groups in total. The Labute approximate surface area is 209 Å². The lowest BCUT2D eigenvalue weighted by molar-refractivity contribution is 0.0108. The topological polar surface area (TPSA) is 88.2 Å². The number of likely N-dealkylation sites (N-methyl/N-ethyl adjacent to an activating group) is 1. The number of carbonyl (C=O) groups is 1. The molecule has 0 unspecified atom stereocenters. The summed E-state index contributed by atoms with van der Waals surface area (Å²) in [7, 11) is -0.347. The van der Waals surface area contributed by atoms with Gasteiger partial charge in [0, 0.05) is 39.4 Å². The quantitative estimate of drug-likeness (QED) is 0.647. The molecule has 3 rings (SSSR count). The predicted octanol–water partition coefficient (Wildman–Crippen LogP) is 3.70. The number of benzene rings is 2. The molecule has 8 nitrogen and oxygen atoms in total. The Balaban J connectivity index is 1.95. The maximum Gasteiger partial charge on any atom is 0.261 e. The molecule has 1 amide bonds. The standard InChI is InChI=1S/C26H37N3O5S/c1-6-14-29-16-19(2)25(33-5)17-28(4)26(30)23-13-12-21(15-24(23)34-18-20(29)3)27-35(31,32)22-10-8-7-9-11-22/h7-13,15,19-20,25,27H,6,14,16-18H2,1-5H3/t19-,20-,25+/m0/s1. The van der Waals surface area contributed by atoms with Crippen LogP contribution >= 0.6 is 0 Å². The minimum absolute atomic E-state index is 0.0969. The van der Waals surface area contributed by atoms with Crippen molar-refractivity contribution >= 4 is 21.6 Å². The summed E-state index contributed by atoms with van der Waals surface area (Å²) in [5, 5.41) is 0. The van der Waals surface area contributed by atoms with E-state index in [-0.39, 0.29) is 28.9 Å². The van der Waals surface area contributed by atoms with Crippen LogP contribution in [-0.2, 0) is 14.8 Å². The van der Waals surface area contributed by atoms with Crippen LogP contribution < -0.4 is 9.46 Å². The van der Waals surface area contributed by atoms with Crippen LogP contribution in [0.1, 0.15) is 37.6 Å². The molecule has 0 fully saturated rings. The zero-order valence-electron chi connectivity index (χ0n) is 21.2. The highest BCUT2D eigenvalue weighted by Crippen LogP contribution is 2.28. The minimum atomic E-state index is -3.77. The fraction of sp³-hybridized carbons (Fsp3) is 0.500. The molecule has 1 aliphatic heterocycles. The SMILES string of the molecule is CCCN1C[C@H](C)[C@H](OC)CN(C)C(=O)c2ccc(NS(=O)(=O)c3ccccc3)cc2OC[C@@H]1C. The van der Waals surface area contributed by atoms with Gasteiger partial charge in [-0.25, -0.2) is 8.42 Å². The zero-order chi connectivity index (χ0) is 25.6. The van der Waals surface area contributed by atoms with E-state index in [2.05, 4.69) is 30.4 Å². The number of hydrogen-bond acceptors (Lipinski definition) is 6. The Hall–Kier alpha value is -2.62. The highest BCUT2D eigenvalue weighted by molar-refractivity contribution is 7.92. The fourth-order valence-electron chi connectivity index (χ4n) is 4.32. The summed E-state index contributed by atoms with van der Waals surface area (Å²) in [6, 6.07) is 13.0. The summed E-state index contributed by atoms with van der Waals surface area (Å²) in [4.78, 5) is 17.5. The number of anilines is 1. The Morgan fingerprint density at radius 3 is 2.49 bits per heavy atom. The molecule has 0 saturated carbocycles. The first-order chi connectivity index (χ1) is 16.7. The number of sulfonamides is 1. The van der Waals surface area contributed by atoms with Gasteiger partial charge in [-0.3, -0.25) is 14.4 Å². The van der Waals surface area contributed by atoms with Crippen molar-refractivity contribution < 1.29 is 22.7 Å². The third-order valence-electron chi connectivity index (χ3n) is 6.39. The lowest BCUT2D eigenvalue weighted by Crippen LogP contribution is -2.46. The molecule has 1 heterocycles. The van der Waals surface area contributed by atoms with Gasteiger partial charge >= 0.3 is 0 Å². The third kappa shape index (κ3) is 6.74. The molecule has 2 aromatic rings. The normalized spacial score (nSPS) is 22.5. The highest BCUT2D eigenvalue weighted by atomic mass is 32.2. The molecule has 2 aromatic carbocycles. The number of fused-ring (bicyclic) bond motifs is 1. The number of carbonyl (C=O) groups excluding carboxylic acids is 1. The summed E-state index contributed by atoms with van der Waals surface area (Å²) in [5.74, 6) is 0.365. The average Bonchev–Trinajstić information content (AvgIpc) is 2.84. The molecule has 0 bridgehead atoms. The van der Waals surface area contributed by atoms with Gasteiger partial charge < -0.3 is 14.4 Å². The number of methoxy groups -OCH3 is 1. The Bertz CT molecular complexity index is 1090. The zero-order valence-corrected chi connectivity index (χ0v) is 22.0. The summed E-state index contributed by atoms with van der Waals surface area (Å²) in [6.45, 7) is 8.94. The van der Waals surface area contributed by atoms with Gasteiger partial charge in [0.05, 0.1) is 22.3 Å². The van der Waals surface area contributed by atoms with E-state index in [4.69, 9.17) is 9.47 Å². The van der Waals surface area contributed by atoms with Gasteiger partial charge in [-0.1, -0.05) is 32.0 Å². The van der Waals surface area contributed by atoms with E-state index in [1.54, 1.807) is 55.5 Å². The van der Waals surface area contributed by atoms with E-state index in [1.165, 1.54) is 12.1 Å². The first-order valence-electron chi connectivity index (χ1n) is 12.0. The van der Waals surface area contributed by atoms with Gasteiger partial charge in [-0.05, 0) is 50.1 Å². The molecule has 192 valence electrons. The summed E-state index contributed by atoms with van der Waals surface area (Å²) in [5.41, 5.74) is 0.712. The van der Waals surface area contributed by atoms with Crippen LogP contribution in [0, 0.1) is 5.92 Å². The van der Waals surface area contributed by atoms with Crippen LogP contribution in [0.25, 0.3) is 0 Å². The van der Waals surface area contributed by atoms with Crippen molar-refractivity contribution in [1.29, 1.82) is 0 Å². The Kier molecular flexibility index (Phi) is 9.15. The van der Waals surface area contributed by atoms with Crippen LogP contribution in [-0.4, -0.2) is 76.7 Å². The molecule has 0 saturated heterocycles. The lowest BCUT2D eigenvalue weighted by Gasteiger charge is -2.35. The van der Waals surface area contributed by atoms with Crippen LogP contribution in [0.2, 0.25) is 0 Å². The highest BCUT2D eigenvalue weighted by Gasteiger charge is 2.28. The van der Waals surface area contributed by atoms with Crippen molar-refractivity contribution in [3.8, 4) is 5.75 Å². The van der Waals surface area contributed by atoms with Crippen molar-refractivity contribution in [2.75, 3.05) is 45.1 Å². The number of hydrogen-bond donors (Lipinski definition) is 1. The van der Waals surface area contributed by atoms with E-state index >= 15 is 0 Å². The van der Waals surface area contributed by atoms with Gasteiger partial charge in [-0.2, -0.15) is 0 Å². The van der Waals surface area contributed by atoms with Gasteiger partial charge in [-0.15, -0.1) is 0 Å². The van der Waals surface area contributed by atoms with Crippen LogP contribution in [0.4, 0.5) is 5.69 Å². The second kappa shape index (κ2) is 11.9. The second-order valence-corrected chi connectivity index (χ2v) is 10.9. The van der Waals surface area contributed by atoms with Crippen molar-refractivity contribution in [2.24, 2.45) is 5.92 Å². The third-order valence-corrected chi connectivity index (χ3v) is 7.79. The number of amides is 1. The maximum absolute atomic E-state index is 13.3. The molecule has 3 atom stereocenters. The number of ether oxygens (including phenoxy) is 2. The van der Waals surface area contributed by atoms with E-state index in [1.807, 2.05) is 0 Å². The number of nitrogens with zero attached hydrogens (tertiary/aromatic N) is 2. The number of rotatable bonds is 6. The fourth-order valence-corrected chi connectivity index (χ4v) is 5.39.